The molecule has 1 N–H and O–H groups in total. The van der Waals surface area contributed by atoms with Crippen LogP contribution in [0.1, 0.15) is 25.4 Å². The third-order valence-electron chi connectivity index (χ3n) is 4.46. The summed E-state index contributed by atoms with van der Waals surface area (Å²) >= 11 is 0. The summed E-state index contributed by atoms with van der Waals surface area (Å²) in [5.41, 5.74) is 2.06. The van der Waals surface area contributed by atoms with Gasteiger partial charge in [0.05, 0.1) is 17.4 Å². The van der Waals surface area contributed by atoms with Crippen LogP contribution in [-0.4, -0.2) is 35.2 Å². The van der Waals surface area contributed by atoms with E-state index < -0.39 is 11.7 Å². The summed E-state index contributed by atoms with van der Waals surface area (Å²) < 4.78 is 31.3. The molecule has 0 aliphatic carbocycles. The Balaban J connectivity index is 1.99. The molecule has 1 amide bonds. The normalized spacial score (nSPS) is 11.8. The molecule has 154 valence electrons. The Labute approximate surface area is 170 Å². The Hall–Kier alpha value is -3.69. The first-order chi connectivity index (χ1) is 14.1. The number of carbonyl (C=O) groups excluding carboxylic acids is 1. The van der Waals surface area contributed by atoms with Gasteiger partial charge in [0.1, 0.15) is 5.82 Å². The quantitative estimate of drug-likeness (QED) is 0.554. The van der Waals surface area contributed by atoms with E-state index in [2.05, 4.69) is 25.4 Å². The number of pyridine rings is 1. The lowest BCUT2D eigenvalue weighted by atomic mass is 10.1. The van der Waals surface area contributed by atoms with E-state index >= 15 is 0 Å². The van der Waals surface area contributed by atoms with E-state index in [1.54, 1.807) is 53.9 Å². The standard InChI is InChI=1S/C20H19F2N7O/c1-11-7-15(26-19(24-11)20(3,21)22)14-10-29(18-5-6-28(4)27-18)16-9-23-17(8-13(14)16)25-12(2)30/h5-10H,1-4H3,(H,23,25,30). The van der Waals surface area contributed by atoms with Crippen molar-refractivity contribution in [2.24, 2.45) is 7.05 Å². The van der Waals surface area contributed by atoms with Crippen LogP contribution >= 0.6 is 0 Å². The van der Waals surface area contributed by atoms with Gasteiger partial charge in [-0.25, -0.2) is 15.0 Å². The number of aryl methyl sites for hydroxylation is 2. The molecule has 0 unspecified atom stereocenters. The van der Waals surface area contributed by atoms with Gasteiger partial charge in [0.15, 0.2) is 11.6 Å². The van der Waals surface area contributed by atoms with Crippen molar-refractivity contribution >= 4 is 22.6 Å². The molecule has 4 aromatic rings. The molecule has 0 aliphatic rings. The van der Waals surface area contributed by atoms with E-state index in [0.29, 0.717) is 39.5 Å². The number of amides is 1. The summed E-state index contributed by atoms with van der Waals surface area (Å²) in [6, 6.07) is 5.15. The maximum atomic E-state index is 13.9. The van der Waals surface area contributed by atoms with E-state index in [1.165, 1.54) is 6.92 Å². The molecule has 0 aliphatic heterocycles. The fourth-order valence-corrected chi connectivity index (χ4v) is 3.20. The largest absolute Gasteiger partial charge is 0.311 e. The fraction of sp³-hybridized carbons (Fsp3) is 0.250. The van der Waals surface area contributed by atoms with Crippen LogP contribution < -0.4 is 5.32 Å². The number of alkyl halides is 2. The first kappa shape index (κ1) is 19.6. The van der Waals surface area contributed by atoms with Crippen LogP contribution in [-0.2, 0) is 17.8 Å². The van der Waals surface area contributed by atoms with Gasteiger partial charge >= 0.3 is 5.92 Å². The molecule has 8 nitrogen and oxygen atoms in total. The number of fused-ring (bicyclic) bond motifs is 1. The van der Waals surface area contributed by atoms with Crippen molar-refractivity contribution in [3.63, 3.8) is 0 Å². The predicted octanol–water partition coefficient (Wildman–Crippen LogP) is 3.59. The highest BCUT2D eigenvalue weighted by atomic mass is 19.3. The van der Waals surface area contributed by atoms with Crippen LogP contribution in [0.5, 0.6) is 0 Å². The number of hydrogen-bond acceptors (Lipinski definition) is 5. The van der Waals surface area contributed by atoms with E-state index in [9.17, 15) is 13.6 Å². The Bertz CT molecular complexity index is 1270. The summed E-state index contributed by atoms with van der Waals surface area (Å²) in [5.74, 6) is -3.01. The van der Waals surface area contributed by atoms with E-state index in [1.807, 2.05) is 6.07 Å². The average Bonchev–Trinajstić information content (AvgIpc) is 3.23. The van der Waals surface area contributed by atoms with Gasteiger partial charge in [0, 0.05) is 56.0 Å². The minimum Gasteiger partial charge on any atom is -0.311 e. The van der Waals surface area contributed by atoms with Gasteiger partial charge < -0.3 is 5.32 Å². The van der Waals surface area contributed by atoms with Crippen LogP contribution in [0.4, 0.5) is 14.6 Å². The number of anilines is 1. The van der Waals surface area contributed by atoms with Crippen molar-refractivity contribution < 1.29 is 13.6 Å². The summed E-state index contributed by atoms with van der Waals surface area (Å²) in [5, 5.41) is 7.74. The summed E-state index contributed by atoms with van der Waals surface area (Å²) in [4.78, 5) is 23.7. The van der Waals surface area contributed by atoms with Crippen LogP contribution in [0.2, 0.25) is 0 Å². The zero-order valence-electron chi connectivity index (χ0n) is 16.8. The monoisotopic (exact) mass is 411 g/mol. The number of hydrogen-bond donors (Lipinski definition) is 1. The Morgan fingerprint density at radius 3 is 2.63 bits per heavy atom. The Morgan fingerprint density at radius 1 is 1.23 bits per heavy atom. The molecule has 0 spiro atoms. The number of aromatic nitrogens is 6. The van der Waals surface area contributed by atoms with Crippen LogP contribution in [0.25, 0.3) is 28.0 Å². The highest BCUT2D eigenvalue weighted by molar-refractivity contribution is 5.98. The second kappa shape index (κ2) is 6.97. The van der Waals surface area contributed by atoms with Crippen molar-refractivity contribution in [2.45, 2.75) is 26.7 Å². The SMILES string of the molecule is CC(=O)Nc1cc2c(-c3cc(C)nc(C(C)(F)F)n3)cn(-c3ccn(C)n3)c2cn1. The van der Waals surface area contributed by atoms with Crippen LogP contribution in [0.3, 0.4) is 0 Å². The average molecular weight is 411 g/mol. The van der Waals surface area contributed by atoms with Gasteiger partial charge in [-0.1, -0.05) is 0 Å². The maximum absolute atomic E-state index is 13.9. The van der Waals surface area contributed by atoms with Gasteiger partial charge in [-0.3, -0.25) is 14.0 Å². The Kier molecular flexibility index (Phi) is 4.56. The lowest BCUT2D eigenvalue weighted by molar-refractivity contribution is -0.114. The minimum atomic E-state index is -3.18. The molecule has 0 fully saturated rings. The molecule has 0 saturated heterocycles. The third-order valence-corrected chi connectivity index (χ3v) is 4.46. The zero-order chi connectivity index (χ0) is 21.6. The lowest BCUT2D eigenvalue weighted by Gasteiger charge is -2.11. The molecular formula is C20H19F2N7O. The second-order valence-electron chi connectivity index (χ2n) is 7.13. The van der Waals surface area contributed by atoms with Crippen molar-refractivity contribution in [2.75, 3.05) is 5.32 Å². The predicted molar refractivity (Wildman–Crippen MR) is 107 cm³/mol. The van der Waals surface area contributed by atoms with Crippen molar-refractivity contribution in [1.29, 1.82) is 0 Å². The number of carbonyl (C=O) groups is 1. The van der Waals surface area contributed by atoms with Gasteiger partial charge in [-0.15, -0.1) is 0 Å². The third kappa shape index (κ3) is 3.63. The van der Waals surface area contributed by atoms with E-state index in [4.69, 9.17) is 0 Å². The fourth-order valence-electron chi connectivity index (χ4n) is 3.20. The summed E-state index contributed by atoms with van der Waals surface area (Å²) in [7, 11) is 1.80. The molecule has 0 atom stereocenters. The number of nitrogens with zero attached hydrogens (tertiary/aromatic N) is 6. The maximum Gasteiger partial charge on any atom is 0.303 e. The Morgan fingerprint density at radius 2 is 2.00 bits per heavy atom. The highest BCUT2D eigenvalue weighted by Crippen LogP contribution is 2.34. The van der Waals surface area contributed by atoms with Gasteiger partial charge in [-0.2, -0.15) is 13.9 Å². The number of nitrogens with one attached hydrogen (secondary N) is 1. The van der Waals surface area contributed by atoms with Gasteiger partial charge in [0.2, 0.25) is 5.91 Å². The van der Waals surface area contributed by atoms with E-state index in [-0.39, 0.29) is 5.91 Å². The molecule has 0 bridgehead atoms. The number of rotatable bonds is 4. The van der Waals surface area contributed by atoms with Crippen LogP contribution in [0, 0.1) is 6.92 Å². The zero-order valence-corrected chi connectivity index (χ0v) is 16.8. The molecular weight excluding hydrogens is 392 g/mol. The van der Waals surface area contributed by atoms with Crippen LogP contribution in [0.15, 0.2) is 36.8 Å². The first-order valence-corrected chi connectivity index (χ1v) is 9.15. The molecule has 4 heterocycles. The topological polar surface area (TPSA) is 90.5 Å². The minimum absolute atomic E-state index is 0.265. The second-order valence-corrected chi connectivity index (χ2v) is 7.13. The van der Waals surface area contributed by atoms with Gasteiger partial charge in [-0.05, 0) is 19.1 Å². The molecule has 0 radical (unpaired) electrons. The molecule has 0 saturated carbocycles. The molecule has 4 aromatic heterocycles. The van der Waals surface area contributed by atoms with Gasteiger partial charge in [0.25, 0.3) is 0 Å². The lowest BCUT2D eigenvalue weighted by Crippen LogP contribution is -2.13. The molecule has 30 heavy (non-hydrogen) atoms. The summed E-state index contributed by atoms with van der Waals surface area (Å²) in [6.45, 7) is 3.79. The van der Waals surface area contributed by atoms with Crippen molar-refractivity contribution in [1.82, 2.24) is 29.3 Å². The molecule has 0 aromatic carbocycles. The highest BCUT2D eigenvalue weighted by Gasteiger charge is 2.29. The smallest absolute Gasteiger partial charge is 0.303 e. The van der Waals surface area contributed by atoms with Crippen molar-refractivity contribution in [3.05, 3.63) is 48.3 Å². The number of halogens is 2. The molecule has 10 heteroatoms. The van der Waals surface area contributed by atoms with Crippen molar-refractivity contribution in [3.8, 4) is 17.1 Å². The van der Waals surface area contributed by atoms with E-state index in [0.717, 1.165) is 6.92 Å². The molecule has 4 rings (SSSR count). The summed E-state index contributed by atoms with van der Waals surface area (Å²) in [6.07, 6.45) is 5.16. The first-order valence-electron chi connectivity index (χ1n) is 9.15.